The van der Waals surface area contributed by atoms with Crippen molar-refractivity contribution in [2.24, 2.45) is 0 Å². The van der Waals surface area contributed by atoms with Crippen molar-refractivity contribution in [2.45, 2.75) is 19.8 Å². The Bertz CT molecular complexity index is 832. The number of phenols is 1. The molecule has 1 heterocycles. The van der Waals surface area contributed by atoms with E-state index in [4.69, 9.17) is 4.42 Å². The number of aryl methyl sites for hydroxylation is 1. The molecule has 0 radical (unpaired) electrons. The first-order valence-corrected chi connectivity index (χ1v) is 7.00. The molecule has 0 aliphatic heterocycles. The third-order valence-electron chi connectivity index (χ3n) is 3.68. The summed E-state index contributed by atoms with van der Waals surface area (Å²) in [4.78, 5) is 12.3. The summed E-state index contributed by atoms with van der Waals surface area (Å²) in [6.45, 7) is 2.02. The first-order chi connectivity index (χ1) is 10.2. The van der Waals surface area contributed by atoms with Gasteiger partial charge in [0.25, 0.3) is 0 Å². The molecule has 0 aliphatic rings. The van der Waals surface area contributed by atoms with E-state index in [0.29, 0.717) is 17.6 Å². The second-order valence-corrected chi connectivity index (χ2v) is 5.04. The van der Waals surface area contributed by atoms with Crippen molar-refractivity contribution in [2.75, 3.05) is 0 Å². The van der Waals surface area contributed by atoms with Crippen LogP contribution in [0.4, 0.5) is 0 Å². The van der Waals surface area contributed by atoms with Gasteiger partial charge in [-0.2, -0.15) is 0 Å². The fourth-order valence-corrected chi connectivity index (χ4v) is 2.67. The Labute approximate surface area is 122 Å². The monoisotopic (exact) mass is 280 g/mol. The lowest BCUT2D eigenvalue weighted by Crippen LogP contribution is -2.12. The van der Waals surface area contributed by atoms with Gasteiger partial charge in [-0.25, -0.2) is 4.79 Å². The molecule has 0 atom stereocenters. The highest BCUT2D eigenvalue weighted by atomic mass is 16.4. The molecule has 3 aromatic rings. The van der Waals surface area contributed by atoms with Crippen molar-refractivity contribution in [3.8, 4) is 5.75 Å². The van der Waals surface area contributed by atoms with E-state index in [1.165, 1.54) is 6.07 Å². The number of hydrogen-bond donors (Lipinski definition) is 1. The molecule has 106 valence electrons. The van der Waals surface area contributed by atoms with E-state index < -0.39 is 0 Å². The quantitative estimate of drug-likeness (QED) is 0.745. The van der Waals surface area contributed by atoms with Crippen LogP contribution in [0.3, 0.4) is 0 Å². The predicted octanol–water partition coefficient (Wildman–Crippen LogP) is 3.65. The van der Waals surface area contributed by atoms with Gasteiger partial charge in [-0.05, 0) is 29.7 Å². The number of aromatic hydroxyl groups is 1. The van der Waals surface area contributed by atoms with Crippen LogP contribution in [0.2, 0.25) is 0 Å². The molecule has 0 saturated heterocycles. The van der Waals surface area contributed by atoms with Gasteiger partial charge in [0.2, 0.25) is 0 Å². The summed E-state index contributed by atoms with van der Waals surface area (Å²) < 4.78 is 5.37. The van der Waals surface area contributed by atoms with Crippen LogP contribution in [-0.4, -0.2) is 5.11 Å². The van der Waals surface area contributed by atoms with Gasteiger partial charge in [-0.1, -0.05) is 37.3 Å². The Hall–Kier alpha value is -2.55. The minimum absolute atomic E-state index is 0.100. The molecule has 1 N–H and O–H groups in total. The van der Waals surface area contributed by atoms with E-state index >= 15 is 0 Å². The van der Waals surface area contributed by atoms with Crippen LogP contribution in [0.25, 0.3) is 11.0 Å². The second-order valence-electron chi connectivity index (χ2n) is 5.04. The normalized spacial score (nSPS) is 10.9. The van der Waals surface area contributed by atoms with Crippen LogP contribution in [0.15, 0.2) is 57.7 Å². The van der Waals surface area contributed by atoms with Gasteiger partial charge in [0.1, 0.15) is 11.3 Å². The van der Waals surface area contributed by atoms with E-state index in [9.17, 15) is 9.90 Å². The third-order valence-corrected chi connectivity index (χ3v) is 3.68. The number of hydrogen-bond acceptors (Lipinski definition) is 3. The predicted molar refractivity (Wildman–Crippen MR) is 82.8 cm³/mol. The molecule has 2 aromatic carbocycles. The molecule has 21 heavy (non-hydrogen) atoms. The standard InChI is InChI=1S/C18H16O3/c1-2-14-15-9-8-13(19)11-17(15)21-18(20)16(14)10-12-6-4-3-5-7-12/h3-9,11,19H,2,10H2,1H3. The average molecular weight is 280 g/mol. The van der Waals surface area contributed by atoms with Crippen molar-refractivity contribution < 1.29 is 9.52 Å². The van der Waals surface area contributed by atoms with E-state index in [-0.39, 0.29) is 11.4 Å². The van der Waals surface area contributed by atoms with Gasteiger partial charge in [0.15, 0.2) is 0 Å². The summed E-state index contributed by atoms with van der Waals surface area (Å²) in [6.07, 6.45) is 1.30. The second kappa shape index (κ2) is 5.44. The zero-order chi connectivity index (χ0) is 14.8. The maximum atomic E-state index is 12.3. The van der Waals surface area contributed by atoms with Gasteiger partial charge in [0, 0.05) is 23.4 Å². The Morgan fingerprint density at radius 3 is 2.52 bits per heavy atom. The highest BCUT2D eigenvalue weighted by molar-refractivity contribution is 5.82. The molecule has 3 nitrogen and oxygen atoms in total. The minimum atomic E-state index is -0.325. The number of phenolic OH excluding ortho intramolecular Hbond substituents is 1. The minimum Gasteiger partial charge on any atom is -0.508 e. The van der Waals surface area contributed by atoms with Gasteiger partial charge in [-0.15, -0.1) is 0 Å². The van der Waals surface area contributed by atoms with Crippen molar-refractivity contribution >= 4 is 11.0 Å². The molecule has 0 spiro atoms. The first-order valence-electron chi connectivity index (χ1n) is 7.00. The zero-order valence-electron chi connectivity index (χ0n) is 11.8. The molecule has 3 rings (SSSR count). The summed E-state index contributed by atoms with van der Waals surface area (Å²) in [7, 11) is 0. The van der Waals surface area contributed by atoms with Crippen LogP contribution in [0.5, 0.6) is 5.75 Å². The topological polar surface area (TPSA) is 50.4 Å². The Balaban J connectivity index is 2.20. The van der Waals surface area contributed by atoms with Crippen LogP contribution in [0.1, 0.15) is 23.6 Å². The average Bonchev–Trinajstić information content (AvgIpc) is 2.49. The molecule has 0 fully saturated rings. The van der Waals surface area contributed by atoms with Gasteiger partial charge < -0.3 is 9.52 Å². The van der Waals surface area contributed by atoms with E-state index in [1.54, 1.807) is 12.1 Å². The SMILES string of the molecule is CCc1c(Cc2ccccc2)c(=O)oc2cc(O)ccc12. The summed E-state index contributed by atoms with van der Waals surface area (Å²) in [5.41, 5.74) is 2.88. The molecule has 3 heteroatoms. The molecule has 0 aliphatic carbocycles. The van der Waals surface area contributed by atoms with E-state index in [2.05, 4.69) is 0 Å². The van der Waals surface area contributed by atoms with E-state index in [0.717, 1.165) is 22.9 Å². The summed E-state index contributed by atoms with van der Waals surface area (Å²) in [6, 6.07) is 14.8. The lowest BCUT2D eigenvalue weighted by Gasteiger charge is -2.10. The summed E-state index contributed by atoms with van der Waals surface area (Å²) >= 11 is 0. The molecular formula is C18H16O3. The largest absolute Gasteiger partial charge is 0.508 e. The van der Waals surface area contributed by atoms with Crippen LogP contribution in [-0.2, 0) is 12.8 Å². The van der Waals surface area contributed by atoms with Crippen molar-refractivity contribution in [1.29, 1.82) is 0 Å². The van der Waals surface area contributed by atoms with Crippen molar-refractivity contribution in [1.82, 2.24) is 0 Å². The number of fused-ring (bicyclic) bond motifs is 1. The zero-order valence-corrected chi connectivity index (χ0v) is 11.8. The maximum Gasteiger partial charge on any atom is 0.340 e. The fourth-order valence-electron chi connectivity index (χ4n) is 2.67. The highest BCUT2D eigenvalue weighted by Crippen LogP contribution is 2.25. The molecule has 0 saturated carbocycles. The van der Waals surface area contributed by atoms with E-state index in [1.807, 2.05) is 37.3 Å². The van der Waals surface area contributed by atoms with Crippen LogP contribution in [0, 0.1) is 0 Å². The highest BCUT2D eigenvalue weighted by Gasteiger charge is 2.14. The molecule has 0 amide bonds. The fraction of sp³-hybridized carbons (Fsp3) is 0.167. The number of rotatable bonds is 3. The molecule has 0 bridgehead atoms. The van der Waals surface area contributed by atoms with Gasteiger partial charge in [0.05, 0.1) is 0 Å². The summed E-state index contributed by atoms with van der Waals surface area (Å²) in [5.74, 6) is 0.100. The maximum absolute atomic E-state index is 12.3. The first kappa shape index (κ1) is 13.4. The lowest BCUT2D eigenvalue weighted by molar-refractivity contribution is 0.472. The Morgan fingerprint density at radius 2 is 1.81 bits per heavy atom. The summed E-state index contributed by atoms with van der Waals surface area (Å²) in [5, 5.41) is 10.4. The van der Waals surface area contributed by atoms with Crippen molar-refractivity contribution in [3.05, 3.63) is 75.6 Å². The third kappa shape index (κ3) is 2.55. The van der Waals surface area contributed by atoms with Crippen LogP contribution >= 0.6 is 0 Å². The van der Waals surface area contributed by atoms with Crippen molar-refractivity contribution in [3.63, 3.8) is 0 Å². The lowest BCUT2D eigenvalue weighted by atomic mass is 9.97. The molecule has 1 aromatic heterocycles. The molecule has 0 unspecified atom stereocenters. The Morgan fingerprint density at radius 1 is 1.05 bits per heavy atom. The van der Waals surface area contributed by atoms with Gasteiger partial charge in [-0.3, -0.25) is 0 Å². The Kier molecular flexibility index (Phi) is 3.48. The van der Waals surface area contributed by atoms with Crippen LogP contribution < -0.4 is 5.63 Å². The van der Waals surface area contributed by atoms with Gasteiger partial charge >= 0.3 is 5.63 Å². The molecular weight excluding hydrogens is 264 g/mol. The number of benzene rings is 2. The smallest absolute Gasteiger partial charge is 0.340 e.